The minimum atomic E-state index is -0.177. The van der Waals surface area contributed by atoms with E-state index in [0.717, 1.165) is 58.2 Å². The molecule has 7 nitrogen and oxygen atoms in total. The summed E-state index contributed by atoms with van der Waals surface area (Å²) in [6.45, 7) is 11.7. The molecule has 1 atom stereocenters. The summed E-state index contributed by atoms with van der Waals surface area (Å²) in [5.41, 5.74) is 0. The largest absolute Gasteiger partial charge is 0.466 e. The van der Waals surface area contributed by atoms with Crippen LogP contribution >= 0.6 is 0 Å². The molecule has 7 heteroatoms. The molecule has 0 saturated carbocycles. The van der Waals surface area contributed by atoms with Crippen molar-refractivity contribution in [2.24, 2.45) is 0 Å². The predicted octanol–water partition coefficient (Wildman–Crippen LogP) is 12.1. The molecule has 1 aliphatic heterocycles. The van der Waals surface area contributed by atoms with E-state index < -0.39 is 0 Å². The van der Waals surface area contributed by atoms with Crippen molar-refractivity contribution in [3.8, 4) is 0 Å². The van der Waals surface area contributed by atoms with Crippen LogP contribution in [0.1, 0.15) is 213 Å². The molecule has 0 N–H and O–H groups in total. The number of nitrogens with zero attached hydrogens (tertiary/aromatic N) is 1. The number of carbonyl (C=O) groups excluding carboxylic acids is 2. The maximum atomic E-state index is 12.3. The number of esters is 1. The molecule has 298 valence electrons. The lowest BCUT2D eigenvalue weighted by Gasteiger charge is -2.19. The molecule has 0 spiro atoms. The van der Waals surface area contributed by atoms with Crippen LogP contribution in [-0.4, -0.2) is 69.7 Å². The van der Waals surface area contributed by atoms with Gasteiger partial charge in [0.1, 0.15) is 6.10 Å². The summed E-state index contributed by atoms with van der Waals surface area (Å²) in [5.74, 6) is -0.175. The average Bonchev–Trinajstić information content (AvgIpc) is 3.60. The van der Waals surface area contributed by atoms with E-state index in [1.807, 2.05) is 0 Å². The Morgan fingerprint density at radius 1 is 0.560 bits per heavy atom. The van der Waals surface area contributed by atoms with Crippen molar-refractivity contribution in [1.29, 1.82) is 0 Å². The van der Waals surface area contributed by atoms with E-state index in [0.29, 0.717) is 25.9 Å². The number of likely N-dealkylation sites (tertiary alicyclic amines) is 1. The average molecular weight is 712 g/mol. The maximum absolute atomic E-state index is 12.3. The fourth-order valence-electron chi connectivity index (χ4n) is 6.46. The van der Waals surface area contributed by atoms with Crippen LogP contribution in [0, 0.1) is 0 Å². The van der Waals surface area contributed by atoms with Gasteiger partial charge in [-0.15, -0.1) is 0 Å². The normalized spacial score (nSPS) is 13.7. The Morgan fingerprint density at radius 2 is 1.00 bits per heavy atom. The maximum Gasteiger partial charge on any atom is 0.305 e. The second-order valence-electron chi connectivity index (χ2n) is 14.8. The number of carbonyl (C=O) groups is 2. The van der Waals surface area contributed by atoms with E-state index >= 15 is 0 Å². The van der Waals surface area contributed by atoms with Gasteiger partial charge in [-0.25, -0.2) is 0 Å². The van der Waals surface area contributed by atoms with Crippen molar-refractivity contribution in [3.05, 3.63) is 0 Å². The molecule has 1 aliphatic rings. The van der Waals surface area contributed by atoms with Gasteiger partial charge in [0.15, 0.2) is 6.29 Å². The Kier molecular flexibility index (Phi) is 39.6. The molecule has 1 unspecified atom stereocenters. The Hall–Kier alpha value is -1.18. The molecule has 0 radical (unpaired) electrons. The molecule has 0 aliphatic carbocycles. The zero-order valence-electron chi connectivity index (χ0n) is 33.9. The molecule has 1 heterocycles. The minimum absolute atomic E-state index is 0.164. The summed E-state index contributed by atoms with van der Waals surface area (Å²) in [4.78, 5) is 25.6. The van der Waals surface area contributed by atoms with E-state index in [4.69, 9.17) is 18.9 Å². The van der Waals surface area contributed by atoms with Crippen LogP contribution in [0.4, 0.5) is 0 Å². The highest BCUT2D eigenvalue weighted by atomic mass is 16.7. The number of ether oxygens (including phenoxy) is 4. The van der Waals surface area contributed by atoms with E-state index in [-0.39, 0.29) is 18.4 Å². The second kappa shape index (κ2) is 40.6. The fourth-order valence-corrected chi connectivity index (χ4v) is 6.46. The predicted molar refractivity (Wildman–Crippen MR) is 211 cm³/mol. The Balaban J connectivity index is 0.00000358. The van der Waals surface area contributed by atoms with Crippen molar-refractivity contribution in [3.63, 3.8) is 0 Å². The van der Waals surface area contributed by atoms with Crippen LogP contribution in [0.3, 0.4) is 0 Å². The monoisotopic (exact) mass is 712 g/mol. The Labute approximate surface area is 311 Å². The fraction of sp³-hybridized carbons (Fsp3) is 0.953. The zero-order chi connectivity index (χ0) is 36.6. The molecule has 1 fully saturated rings. The van der Waals surface area contributed by atoms with Gasteiger partial charge in [-0.2, -0.15) is 0 Å². The molecule has 1 rings (SSSR count). The van der Waals surface area contributed by atoms with Gasteiger partial charge in [0, 0.05) is 26.1 Å². The third-order valence-corrected chi connectivity index (χ3v) is 9.83. The SMILES string of the molecule is CCCCCCCCCCCCC(CCOC(=O)CCCCC(OCCCCCCCC)OCCCCCCCC)OC=O.CN1CCCC1. The van der Waals surface area contributed by atoms with Crippen molar-refractivity contribution in [2.45, 2.75) is 226 Å². The quantitative estimate of drug-likeness (QED) is 0.0275. The summed E-state index contributed by atoms with van der Waals surface area (Å²) in [5, 5.41) is 0. The second-order valence-corrected chi connectivity index (χ2v) is 14.8. The summed E-state index contributed by atoms with van der Waals surface area (Å²) < 4.78 is 23.0. The zero-order valence-corrected chi connectivity index (χ0v) is 33.9. The molecule has 1 saturated heterocycles. The highest BCUT2D eigenvalue weighted by Crippen LogP contribution is 2.16. The van der Waals surface area contributed by atoms with Crippen LogP contribution in [-0.2, 0) is 28.5 Å². The molecular formula is C43H85NO6. The lowest BCUT2D eigenvalue weighted by molar-refractivity contribution is -0.150. The minimum Gasteiger partial charge on any atom is -0.466 e. The van der Waals surface area contributed by atoms with E-state index in [1.54, 1.807) is 0 Å². The first-order valence-electron chi connectivity index (χ1n) is 21.7. The smallest absolute Gasteiger partial charge is 0.305 e. The molecular weight excluding hydrogens is 626 g/mol. The first kappa shape index (κ1) is 48.8. The van der Waals surface area contributed by atoms with Crippen molar-refractivity contribution in [1.82, 2.24) is 4.90 Å². The molecule has 0 aromatic carbocycles. The van der Waals surface area contributed by atoms with Crippen LogP contribution < -0.4 is 0 Å². The summed E-state index contributed by atoms with van der Waals surface area (Å²) >= 11 is 0. The van der Waals surface area contributed by atoms with Gasteiger partial charge in [0.25, 0.3) is 6.47 Å². The van der Waals surface area contributed by atoms with E-state index in [1.165, 1.54) is 148 Å². The number of rotatable bonds is 37. The van der Waals surface area contributed by atoms with Crippen LogP contribution in [0.2, 0.25) is 0 Å². The van der Waals surface area contributed by atoms with Crippen molar-refractivity contribution < 1.29 is 28.5 Å². The first-order chi connectivity index (χ1) is 24.6. The number of hydrogen-bond donors (Lipinski definition) is 0. The molecule has 0 aromatic rings. The van der Waals surface area contributed by atoms with Gasteiger partial charge >= 0.3 is 5.97 Å². The number of unbranched alkanes of at least 4 members (excludes halogenated alkanes) is 20. The van der Waals surface area contributed by atoms with E-state index in [9.17, 15) is 9.59 Å². The van der Waals surface area contributed by atoms with Gasteiger partial charge in [0.05, 0.1) is 6.61 Å². The van der Waals surface area contributed by atoms with Crippen LogP contribution in [0.25, 0.3) is 0 Å². The summed E-state index contributed by atoms with van der Waals surface area (Å²) in [7, 11) is 2.17. The molecule has 0 bridgehead atoms. The van der Waals surface area contributed by atoms with Crippen molar-refractivity contribution in [2.75, 3.05) is 40.0 Å². The highest BCUT2D eigenvalue weighted by molar-refractivity contribution is 5.69. The number of hydrogen-bond acceptors (Lipinski definition) is 7. The lowest BCUT2D eigenvalue weighted by atomic mass is 10.0. The lowest BCUT2D eigenvalue weighted by Crippen LogP contribution is -2.19. The van der Waals surface area contributed by atoms with Crippen LogP contribution in [0.15, 0.2) is 0 Å². The van der Waals surface area contributed by atoms with Gasteiger partial charge in [-0.1, -0.05) is 143 Å². The van der Waals surface area contributed by atoms with Gasteiger partial charge < -0.3 is 23.8 Å². The topological polar surface area (TPSA) is 74.3 Å². The molecule has 0 aromatic heterocycles. The Morgan fingerprint density at radius 3 is 1.44 bits per heavy atom. The van der Waals surface area contributed by atoms with E-state index in [2.05, 4.69) is 32.7 Å². The van der Waals surface area contributed by atoms with Gasteiger partial charge in [-0.3, -0.25) is 9.59 Å². The standard InChI is InChI=1S/C38H74O6.C5H11N/c1-4-7-10-13-16-17-18-19-20-23-28-36(44-35-39)31-34-41-37(40)29-24-25-30-38(42-32-26-21-14-11-8-5-2)43-33-27-22-15-12-9-6-3;1-6-4-2-3-5-6/h35-36,38H,4-34H2,1-3H3;2-5H2,1H3. The molecule has 50 heavy (non-hydrogen) atoms. The van der Waals surface area contributed by atoms with Crippen molar-refractivity contribution >= 4 is 12.4 Å². The summed E-state index contributed by atoms with van der Waals surface area (Å²) in [6, 6.07) is 0. The van der Waals surface area contributed by atoms with Gasteiger partial charge in [-0.05, 0) is 77.9 Å². The summed E-state index contributed by atoms with van der Waals surface area (Å²) in [6.07, 6.45) is 34.5. The third kappa shape index (κ3) is 36.6. The highest BCUT2D eigenvalue weighted by Gasteiger charge is 2.13. The van der Waals surface area contributed by atoms with Gasteiger partial charge in [0.2, 0.25) is 0 Å². The first-order valence-corrected chi connectivity index (χ1v) is 21.7. The third-order valence-electron chi connectivity index (χ3n) is 9.83. The Bertz CT molecular complexity index is 668. The van der Waals surface area contributed by atoms with Crippen LogP contribution in [0.5, 0.6) is 0 Å². The molecule has 0 amide bonds.